The summed E-state index contributed by atoms with van der Waals surface area (Å²) < 4.78 is 11.0. The normalized spacial score (nSPS) is 11.9. The van der Waals surface area contributed by atoms with Gasteiger partial charge >= 0.3 is 0 Å². The highest BCUT2D eigenvalue weighted by atomic mass is 27.0. The van der Waals surface area contributed by atoms with Crippen LogP contribution in [0.5, 0.6) is 0 Å². The first-order valence-electron chi connectivity index (χ1n) is 4.37. The van der Waals surface area contributed by atoms with Gasteiger partial charge in [-0.1, -0.05) is 5.28 Å². The second-order valence-corrected chi connectivity index (χ2v) is 4.02. The molecule has 0 aromatic rings. The summed E-state index contributed by atoms with van der Waals surface area (Å²) in [7, 11) is 0. The van der Waals surface area contributed by atoms with Gasteiger partial charge < -0.3 is 9.47 Å². The van der Waals surface area contributed by atoms with Crippen LogP contribution in [0.2, 0.25) is 5.28 Å². The van der Waals surface area contributed by atoms with E-state index in [1.807, 2.05) is 27.7 Å². The van der Waals surface area contributed by atoms with E-state index in [1.54, 1.807) is 0 Å². The van der Waals surface area contributed by atoms with Crippen LogP contribution in [0.1, 0.15) is 27.7 Å². The van der Waals surface area contributed by atoms with Crippen LogP contribution in [-0.2, 0) is 9.47 Å². The van der Waals surface area contributed by atoms with Gasteiger partial charge in [0, 0.05) is 0 Å². The average Bonchev–Trinajstić information content (AvgIpc) is 1.84. The van der Waals surface area contributed by atoms with E-state index in [0.717, 1.165) is 21.6 Å². The number of hydrogen-bond donors (Lipinski definition) is 0. The van der Waals surface area contributed by atoms with Gasteiger partial charge in [-0.2, -0.15) is 0 Å². The fourth-order valence-corrected chi connectivity index (χ4v) is 1.22. The molecule has 11 heavy (non-hydrogen) atoms. The van der Waals surface area contributed by atoms with Gasteiger partial charge in [0.2, 0.25) is 16.3 Å². The van der Waals surface area contributed by atoms with Gasteiger partial charge in [0.1, 0.15) is 6.29 Å². The van der Waals surface area contributed by atoms with Crippen molar-refractivity contribution in [1.29, 1.82) is 0 Å². The zero-order valence-corrected chi connectivity index (χ0v) is 10.3. The summed E-state index contributed by atoms with van der Waals surface area (Å²) in [5.74, 6) is 0. The average molecular weight is 174 g/mol. The first-order valence-corrected chi connectivity index (χ1v) is 5.78. The van der Waals surface area contributed by atoms with Crippen molar-refractivity contribution in [3.63, 3.8) is 0 Å². The van der Waals surface area contributed by atoms with Crippen molar-refractivity contribution in [3.8, 4) is 0 Å². The van der Waals surface area contributed by atoms with Crippen molar-refractivity contribution >= 4 is 16.3 Å². The molecule has 0 saturated carbocycles. The molecule has 3 heteroatoms. The van der Waals surface area contributed by atoms with Gasteiger partial charge in [-0.3, -0.25) is 0 Å². The predicted molar refractivity (Wildman–Crippen MR) is 49.6 cm³/mol. The molecule has 0 aliphatic heterocycles. The van der Waals surface area contributed by atoms with Gasteiger partial charge in [-0.25, -0.2) is 0 Å². The molecule has 0 heterocycles. The SMILES string of the molecule is CC(C)OC([CH2][AlH2])OC(C)C. The first-order chi connectivity index (χ1) is 5.06. The summed E-state index contributed by atoms with van der Waals surface area (Å²) in [6.45, 7) is 8.14. The Hall–Kier alpha value is 0.452. The fraction of sp³-hybridized carbons (Fsp3) is 1.00. The monoisotopic (exact) mass is 174 g/mol. The first kappa shape index (κ1) is 11.5. The molecule has 0 radical (unpaired) electrons. The second-order valence-electron chi connectivity index (χ2n) is 3.21. The molecule has 2 nitrogen and oxygen atoms in total. The van der Waals surface area contributed by atoms with E-state index >= 15 is 0 Å². The van der Waals surface area contributed by atoms with Crippen molar-refractivity contribution in [2.75, 3.05) is 0 Å². The standard InChI is InChI=1S/C8H17O2.Al.2H/c1-6(2)9-8(5)10-7(3)4;;;/h6-8H,5H2,1-4H3;;;. The Kier molecular flexibility index (Phi) is 6.27. The zero-order chi connectivity index (χ0) is 8.85. The van der Waals surface area contributed by atoms with Crippen LogP contribution >= 0.6 is 0 Å². The zero-order valence-electron chi connectivity index (χ0n) is 8.26. The molecule has 0 aliphatic carbocycles. The molecule has 0 unspecified atom stereocenters. The maximum Gasteiger partial charge on any atom is 0.219 e. The van der Waals surface area contributed by atoms with E-state index in [9.17, 15) is 0 Å². The lowest BCUT2D eigenvalue weighted by Crippen LogP contribution is -2.23. The minimum atomic E-state index is 0.0293. The molecule has 0 saturated heterocycles. The Morgan fingerprint density at radius 3 is 1.55 bits per heavy atom. The second kappa shape index (κ2) is 6.02. The molecule has 0 aromatic carbocycles. The maximum absolute atomic E-state index is 5.52. The van der Waals surface area contributed by atoms with E-state index in [2.05, 4.69) is 0 Å². The van der Waals surface area contributed by atoms with Crippen LogP contribution in [-0.4, -0.2) is 34.8 Å². The van der Waals surface area contributed by atoms with E-state index in [1.165, 1.54) is 0 Å². The minimum absolute atomic E-state index is 0.0293. The van der Waals surface area contributed by atoms with Crippen molar-refractivity contribution in [2.24, 2.45) is 0 Å². The maximum atomic E-state index is 5.52. The molecular weight excluding hydrogens is 155 g/mol. The Morgan fingerprint density at radius 1 is 1.00 bits per heavy atom. The summed E-state index contributed by atoms with van der Waals surface area (Å²) >= 11 is 1.13. The molecule has 0 spiro atoms. The molecule has 0 N–H and O–H groups in total. The van der Waals surface area contributed by atoms with Crippen LogP contribution in [0, 0.1) is 0 Å². The summed E-state index contributed by atoms with van der Waals surface area (Å²) in [6.07, 6.45) is 0.571. The molecule has 0 rings (SSSR count). The third kappa shape index (κ3) is 6.84. The number of rotatable bonds is 5. The van der Waals surface area contributed by atoms with Crippen molar-refractivity contribution in [3.05, 3.63) is 0 Å². The van der Waals surface area contributed by atoms with Crippen LogP contribution in [0.25, 0.3) is 0 Å². The van der Waals surface area contributed by atoms with Crippen molar-refractivity contribution < 1.29 is 9.47 Å². The van der Waals surface area contributed by atoms with Crippen molar-refractivity contribution in [1.82, 2.24) is 0 Å². The van der Waals surface area contributed by atoms with Crippen LogP contribution in [0.4, 0.5) is 0 Å². The van der Waals surface area contributed by atoms with Crippen LogP contribution in [0.15, 0.2) is 0 Å². The third-order valence-corrected chi connectivity index (χ3v) is 1.85. The molecule has 0 atom stereocenters. The van der Waals surface area contributed by atoms with Gasteiger partial charge in [0.05, 0.1) is 12.2 Å². The third-order valence-electron chi connectivity index (χ3n) is 1.18. The molecule has 0 aromatic heterocycles. The molecule has 0 bridgehead atoms. The Labute approximate surface area is 77.7 Å². The van der Waals surface area contributed by atoms with Gasteiger partial charge in [-0.15, -0.1) is 0 Å². The lowest BCUT2D eigenvalue weighted by molar-refractivity contribution is -0.169. The quantitative estimate of drug-likeness (QED) is 0.461. The van der Waals surface area contributed by atoms with Crippen LogP contribution in [0.3, 0.4) is 0 Å². The highest BCUT2D eigenvalue weighted by Crippen LogP contribution is 2.06. The largest absolute Gasteiger partial charge is 0.351 e. The number of hydrogen-bond acceptors (Lipinski definition) is 2. The molecule has 0 fully saturated rings. The lowest BCUT2D eigenvalue weighted by Gasteiger charge is -2.21. The molecule has 0 amide bonds. The fourth-order valence-electron chi connectivity index (χ4n) is 0.832. The summed E-state index contributed by atoms with van der Waals surface area (Å²) in [5, 5.41) is 1.05. The Morgan fingerprint density at radius 2 is 1.36 bits per heavy atom. The smallest absolute Gasteiger partial charge is 0.219 e. The summed E-state index contributed by atoms with van der Waals surface area (Å²) in [4.78, 5) is 0. The van der Waals surface area contributed by atoms with Gasteiger partial charge in [0.15, 0.2) is 0 Å². The molecule has 66 valence electrons. The lowest BCUT2D eigenvalue weighted by atomic mass is 10.4. The number of ether oxygens (including phenoxy) is 2. The minimum Gasteiger partial charge on any atom is -0.351 e. The van der Waals surface area contributed by atoms with E-state index in [0.29, 0.717) is 0 Å². The highest BCUT2D eigenvalue weighted by Gasteiger charge is 2.09. The molecule has 0 aliphatic rings. The van der Waals surface area contributed by atoms with Crippen molar-refractivity contribution in [2.45, 2.75) is 51.5 Å². The Bertz CT molecular complexity index is 84.1. The molecular formula is C8H19AlO2. The highest BCUT2D eigenvalue weighted by molar-refractivity contribution is 6.08. The van der Waals surface area contributed by atoms with Gasteiger partial charge in [0.25, 0.3) is 0 Å². The van der Waals surface area contributed by atoms with Gasteiger partial charge in [-0.05, 0) is 27.7 Å². The summed E-state index contributed by atoms with van der Waals surface area (Å²) in [6, 6.07) is 0. The summed E-state index contributed by atoms with van der Waals surface area (Å²) in [5.41, 5.74) is 0. The van der Waals surface area contributed by atoms with E-state index in [4.69, 9.17) is 9.47 Å². The Balaban J connectivity index is 3.58. The predicted octanol–water partition coefficient (Wildman–Crippen LogP) is 1.21. The topological polar surface area (TPSA) is 18.5 Å². The van der Waals surface area contributed by atoms with E-state index in [-0.39, 0.29) is 18.5 Å². The van der Waals surface area contributed by atoms with Crippen LogP contribution < -0.4 is 0 Å². The van der Waals surface area contributed by atoms with E-state index < -0.39 is 0 Å².